The molecule has 0 saturated heterocycles. The molecule has 0 aliphatic heterocycles. The van der Waals surface area contributed by atoms with Crippen LogP contribution in [-0.2, 0) is 4.79 Å². The van der Waals surface area contributed by atoms with E-state index in [4.69, 9.17) is 5.11 Å². The van der Waals surface area contributed by atoms with Crippen molar-refractivity contribution in [2.75, 3.05) is 11.9 Å². The van der Waals surface area contributed by atoms with Crippen LogP contribution >= 0.6 is 15.9 Å². The van der Waals surface area contributed by atoms with Gasteiger partial charge in [0.1, 0.15) is 11.6 Å². The van der Waals surface area contributed by atoms with Crippen LogP contribution in [0.4, 0.5) is 14.5 Å². The topological polar surface area (TPSA) is 49.3 Å². The summed E-state index contributed by atoms with van der Waals surface area (Å²) in [5.41, 5.74) is -0.181. The highest BCUT2D eigenvalue weighted by molar-refractivity contribution is 9.10. The number of carbonyl (C=O) groups excluding carboxylic acids is 1. The largest absolute Gasteiger partial charge is 0.396 e. The molecule has 1 aromatic carbocycles. The van der Waals surface area contributed by atoms with Gasteiger partial charge in [-0.1, -0.05) is 0 Å². The van der Waals surface area contributed by atoms with Crippen LogP contribution < -0.4 is 5.32 Å². The Bertz CT molecular complexity index is 413. The van der Waals surface area contributed by atoms with Gasteiger partial charge >= 0.3 is 0 Å². The lowest BCUT2D eigenvalue weighted by atomic mass is 10.2. The summed E-state index contributed by atoms with van der Waals surface area (Å²) in [5, 5.41) is 10.8. The van der Waals surface area contributed by atoms with Gasteiger partial charge in [0, 0.05) is 19.1 Å². The third-order valence-electron chi connectivity index (χ3n) is 2.10. The Morgan fingerprint density at radius 2 is 2.00 bits per heavy atom. The normalized spacial score (nSPS) is 10.4. The first kappa shape index (κ1) is 14.1. The van der Waals surface area contributed by atoms with Crippen LogP contribution in [0.3, 0.4) is 0 Å². The average molecular weight is 308 g/mol. The summed E-state index contributed by atoms with van der Waals surface area (Å²) in [6, 6.07) is 1.88. The smallest absolute Gasteiger partial charge is 0.224 e. The van der Waals surface area contributed by atoms with Crippen molar-refractivity contribution in [3.8, 4) is 0 Å². The fourth-order valence-corrected chi connectivity index (χ4v) is 1.54. The summed E-state index contributed by atoms with van der Waals surface area (Å²) in [7, 11) is 0. The number of nitrogens with one attached hydrogen (secondary N) is 1. The van der Waals surface area contributed by atoms with Crippen LogP contribution in [0.15, 0.2) is 16.6 Å². The minimum atomic E-state index is -0.700. The minimum absolute atomic E-state index is 0.00767. The average Bonchev–Trinajstić information content (AvgIpc) is 2.26. The van der Waals surface area contributed by atoms with E-state index in [0.717, 1.165) is 12.1 Å². The molecule has 0 radical (unpaired) electrons. The number of amides is 1. The maximum Gasteiger partial charge on any atom is 0.224 e. The monoisotopic (exact) mass is 307 g/mol. The van der Waals surface area contributed by atoms with Gasteiger partial charge in [-0.25, -0.2) is 8.78 Å². The number of rotatable bonds is 5. The van der Waals surface area contributed by atoms with Crippen LogP contribution in [0.2, 0.25) is 0 Å². The fraction of sp³-hybridized carbons (Fsp3) is 0.364. The Hall–Kier alpha value is -1.01. The first-order valence-corrected chi connectivity index (χ1v) is 5.89. The zero-order valence-electron chi connectivity index (χ0n) is 8.97. The molecule has 17 heavy (non-hydrogen) atoms. The van der Waals surface area contributed by atoms with Gasteiger partial charge in [0.2, 0.25) is 5.91 Å². The summed E-state index contributed by atoms with van der Waals surface area (Å²) in [6.45, 7) is 0.00849. The molecule has 6 heteroatoms. The Labute approximate surface area is 106 Å². The molecule has 0 saturated carbocycles. The number of aliphatic hydroxyl groups is 1. The fourth-order valence-electron chi connectivity index (χ4n) is 1.23. The molecule has 0 heterocycles. The number of aliphatic hydroxyl groups excluding tert-OH is 1. The first-order chi connectivity index (χ1) is 8.04. The lowest BCUT2D eigenvalue weighted by molar-refractivity contribution is -0.116. The summed E-state index contributed by atoms with van der Waals surface area (Å²) in [5.74, 6) is -1.75. The van der Waals surface area contributed by atoms with Crippen LogP contribution in [0, 0.1) is 11.6 Å². The van der Waals surface area contributed by atoms with Gasteiger partial charge in [-0.3, -0.25) is 4.79 Å². The van der Waals surface area contributed by atoms with Crippen molar-refractivity contribution in [2.24, 2.45) is 0 Å². The molecule has 1 amide bonds. The van der Waals surface area contributed by atoms with Gasteiger partial charge in [0.25, 0.3) is 0 Å². The summed E-state index contributed by atoms with van der Waals surface area (Å²) in [6.07, 6.45) is 1.17. The summed E-state index contributed by atoms with van der Waals surface area (Å²) in [4.78, 5) is 11.3. The van der Waals surface area contributed by atoms with Crippen molar-refractivity contribution in [2.45, 2.75) is 19.3 Å². The van der Waals surface area contributed by atoms with Crippen molar-refractivity contribution in [3.63, 3.8) is 0 Å². The molecule has 94 valence electrons. The highest BCUT2D eigenvalue weighted by Gasteiger charge is 2.10. The highest BCUT2D eigenvalue weighted by atomic mass is 79.9. The molecule has 0 fully saturated rings. The second-order valence-electron chi connectivity index (χ2n) is 3.48. The predicted molar refractivity (Wildman–Crippen MR) is 63.6 cm³/mol. The molecule has 1 rings (SSSR count). The molecule has 0 atom stereocenters. The third-order valence-corrected chi connectivity index (χ3v) is 2.70. The molecule has 0 aliphatic rings. The number of unbranched alkanes of at least 4 members (excludes halogenated alkanes) is 1. The molecule has 0 bridgehead atoms. The van der Waals surface area contributed by atoms with Crippen molar-refractivity contribution in [1.29, 1.82) is 0 Å². The number of carbonyl (C=O) groups is 1. The second-order valence-corrected chi connectivity index (χ2v) is 4.33. The Balaban J connectivity index is 2.62. The van der Waals surface area contributed by atoms with E-state index in [2.05, 4.69) is 21.2 Å². The van der Waals surface area contributed by atoms with E-state index >= 15 is 0 Å². The first-order valence-electron chi connectivity index (χ1n) is 5.10. The standard InChI is InChI=1S/C11H12BrF2NO2/c12-7-5-9(14)10(6-8(7)13)15-11(17)3-1-2-4-16/h5-6,16H,1-4H2,(H,15,17). The highest BCUT2D eigenvalue weighted by Crippen LogP contribution is 2.23. The van der Waals surface area contributed by atoms with Gasteiger partial charge in [0.15, 0.2) is 0 Å². The maximum atomic E-state index is 13.3. The van der Waals surface area contributed by atoms with E-state index in [0.29, 0.717) is 12.8 Å². The number of benzene rings is 1. The minimum Gasteiger partial charge on any atom is -0.396 e. The lowest BCUT2D eigenvalue weighted by Gasteiger charge is -2.07. The van der Waals surface area contributed by atoms with Gasteiger partial charge in [-0.2, -0.15) is 0 Å². The van der Waals surface area contributed by atoms with Gasteiger partial charge in [0.05, 0.1) is 10.2 Å². The van der Waals surface area contributed by atoms with Crippen LogP contribution in [-0.4, -0.2) is 17.6 Å². The molecule has 0 unspecified atom stereocenters. The zero-order valence-corrected chi connectivity index (χ0v) is 10.6. The molecule has 0 aromatic heterocycles. The van der Waals surface area contributed by atoms with Crippen LogP contribution in [0.5, 0.6) is 0 Å². The summed E-state index contributed by atoms with van der Waals surface area (Å²) < 4.78 is 26.5. The van der Waals surface area contributed by atoms with Crippen molar-refractivity contribution in [3.05, 3.63) is 28.2 Å². The van der Waals surface area contributed by atoms with E-state index in [1.165, 1.54) is 0 Å². The SMILES string of the molecule is O=C(CCCCO)Nc1cc(F)c(Br)cc1F. The van der Waals surface area contributed by atoms with Gasteiger partial charge in [-0.05, 0) is 34.8 Å². The van der Waals surface area contributed by atoms with Crippen molar-refractivity contribution in [1.82, 2.24) is 0 Å². The van der Waals surface area contributed by atoms with Crippen LogP contribution in [0.25, 0.3) is 0 Å². The third kappa shape index (κ3) is 4.40. The van der Waals surface area contributed by atoms with E-state index in [-0.39, 0.29) is 23.2 Å². The van der Waals surface area contributed by atoms with E-state index in [1.807, 2.05) is 0 Å². The van der Waals surface area contributed by atoms with Gasteiger partial charge < -0.3 is 10.4 Å². The number of hydrogen-bond acceptors (Lipinski definition) is 2. The molecule has 3 nitrogen and oxygen atoms in total. The molecule has 1 aromatic rings. The Morgan fingerprint density at radius 3 is 2.65 bits per heavy atom. The Kier molecular flexibility index (Phi) is 5.50. The molecule has 2 N–H and O–H groups in total. The number of anilines is 1. The van der Waals surface area contributed by atoms with E-state index in [1.54, 1.807) is 0 Å². The molecular formula is C11H12BrF2NO2. The maximum absolute atomic E-state index is 13.3. The second kappa shape index (κ2) is 6.66. The predicted octanol–water partition coefficient (Wildman–Crippen LogP) is 2.83. The quantitative estimate of drug-likeness (QED) is 0.649. The van der Waals surface area contributed by atoms with E-state index < -0.39 is 17.5 Å². The van der Waals surface area contributed by atoms with Gasteiger partial charge in [-0.15, -0.1) is 0 Å². The lowest BCUT2D eigenvalue weighted by Crippen LogP contribution is -2.12. The molecule has 0 aliphatic carbocycles. The molecule has 0 spiro atoms. The number of halogens is 3. The van der Waals surface area contributed by atoms with Crippen molar-refractivity contribution >= 4 is 27.5 Å². The number of hydrogen-bond donors (Lipinski definition) is 2. The van der Waals surface area contributed by atoms with E-state index in [9.17, 15) is 13.6 Å². The van der Waals surface area contributed by atoms with Crippen molar-refractivity contribution < 1.29 is 18.7 Å². The molecular weight excluding hydrogens is 296 g/mol. The van der Waals surface area contributed by atoms with Crippen LogP contribution in [0.1, 0.15) is 19.3 Å². The summed E-state index contributed by atoms with van der Waals surface area (Å²) >= 11 is 2.84. The Morgan fingerprint density at radius 1 is 1.29 bits per heavy atom. The zero-order chi connectivity index (χ0) is 12.8.